The van der Waals surface area contributed by atoms with Gasteiger partial charge in [0.05, 0.1) is 30.7 Å². The molecule has 1 atom stereocenters. The van der Waals surface area contributed by atoms with E-state index in [1.165, 1.54) is 20.3 Å². The molecule has 0 bridgehead atoms. The van der Waals surface area contributed by atoms with Crippen LogP contribution in [0.2, 0.25) is 0 Å². The van der Waals surface area contributed by atoms with Crippen LogP contribution in [0.3, 0.4) is 0 Å². The van der Waals surface area contributed by atoms with E-state index in [2.05, 4.69) is 10.7 Å². The highest BCUT2D eigenvalue weighted by atomic mass is 16.5. The van der Waals surface area contributed by atoms with Gasteiger partial charge in [0.1, 0.15) is 17.2 Å². The van der Waals surface area contributed by atoms with E-state index in [0.717, 1.165) is 6.42 Å². The zero-order valence-corrected chi connectivity index (χ0v) is 14.4. The van der Waals surface area contributed by atoms with Crippen molar-refractivity contribution in [2.45, 2.75) is 18.9 Å². The summed E-state index contributed by atoms with van der Waals surface area (Å²) in [6.07, 6.45) is 1.04. The Hall–Kier alpha value is -2.91. The maximum absolute atomic E-state index is 10.9. The minimum Gasteiger partial charge on any atom is -0.496 e. The van der Waals surface area contributed by atoms with Crippen molar-refractivity contribution in [2.24, 2.45) is 5.18 Å². The molecule has 1 heterocycles. The van der Waals surface area contributed by atoms with Gasteiger partial charge in [0.25, 0.3) is 0 Å². The van der Waals surface area contributed by atoms with Crippen molar-refractivity contribution in [3.05, 3.63) is 29.2 Å². The van der Waals surface area contributed by atoms with E-state index in [9.17, 15) is 9.70 Å². The first-order valence-corrected chi connectivity index (χ1v) is 7.82. The number of carboxylic acids is 1. The number of carbonyl (C=O) groups is 1. The number of carboxylic acid groups (broad SMARTS) is 1. The summed E-state index contributed by atoms with van der Waals surface area (Å²) in [6, 6.07) is 6.41. The van der Waals surface area contributed by atoms with Crippen molar-refractivity contribution in [3.63, 3.8) is 0 Å². The third kappa shape index (κ3) is 4.01. The van der Waals surface area contributed by atoms with Crippen molar-refractivity contribution >= 4 is 28.1 Å². The Labute approximate surface area is 149 Å². The molecule has 0 amide bonds. The van der Waals surface area contributed by atoms with E-state index >= 15 is 0 Å². The highest BCUT2D eigenvalue weighted by Crippen LogP contribution is 2.43. The van der Waals surface area contributed by atoms with Gasteiger partial charge in [-0.2, -0.15) is 0 Å². The van der Waals surface area contributed by atoms with Gasteiger partial charge >= 0.3 is 5.97 Å². The summed E-state index contributed by atoms with van der Waals surface area (Å²) in [6.45, 7) is 0.608. The number of nitrogens with one attached hydrogen (secondary N) is 1. The number of benzene rings is 2. The lowest BCUT2D eigenvalue weighted by Gasteiger charge is -2.13. The molecule has 9 nitrogen and oxygen atoms in total. The second-order valence-electron chi connectivity index (χ2n) is 5.40. The largest absolute Gasteiger partial charge is 0.496 e. The molecule has 0 aromatic heterocycles. The fourth-order valence-electron chi connectivity index (χ4n) is 2.70. The van der Waals surface area contributed by atoms with Crippen LogP contribution in [0, 0.1) is 4.91 Å². The molecule has 1 unspecified atom stereocenters. The summed E-state index contributed by atoms with van der Waals surface area (Å²) in [4.78, 5) is 20.9. The molecule has 3 N–H and O–H groups in total. The smallest absolute Gasteiger partial charge is 0.332 e. The van der Waals surface area contributed by atoms with E-state index in [1.807, 2.05) is 0 Å². The van der Waals surface area contributed by atoms with Crippen LogP contribution in [0.15, 0.2) is 29.4 Å². The van der Waals surface area contributed by atoms with Gasteiger partial charge in [-0.05, 0) is 42.3 Å². The van der Waals surface area contributed by atoms with Crippen LogP contribution in [-0.2, 0) is 9.53 Å². The molecule has 2 aromatic rings. The van der Waals surface area contributed by atoms with E-state index in [0.29, 0.717) is 41.0 Å². The number of aliphatic carboxylic acids is 1. The Balaban J connectivity index is 0.000000254. The first-order valence-electron chi connectivity index (χ1n) is 7.82. The van der Waals surface area contributed by atoms with Crippen molar-refractivity contribution in [1.82, 2.24) is 0 Å². The van der Waals surface area contributed by atoms with Crippen LogP contribution >= 0.6 is 0 Å². The van der Waals surface area contributed by atoms with E-state index in [1.54, 1.807) is 18.2 Å². The summed E-state index contributed by atoms with van der Waals surface area (Å²) in [5, 5.41) is 21.4. The van der Waals surface area contributed by atoms with Gasteiger partial charge in [0, 0.05) is 6.61 Å². The number of hydrogen-bond donors (Lipinski definition) is 3. The van der Waals surface area contributed by atoms with Crippen molar-refractivity contribution in [1.29, 1.82) is 0 Å². The molecule has 9 heteroatoms. The first kappa shape index (κ1) is 19.4. The molecular formula is C17H20N2O7. The predicted molar refractivity (Wildman–Crippen MR) is 94.5 cm³/mol. The fraction of sp³-hybridized carbons (Fsp3) is 0.353. The standard InChI is InChI=1S/C12H12N2O4.C5H8O3/c1-17-9-5-6-10(18-2)12-8(14-16)4-3-7(13-15)11(9)12;6-5(7)4-2-1-3-8-4/h3-6,13,15H,1-2H3;4H,1-3H2,(H,6,7). The Morgan fingerprint density at radius 1 is 1.19 bits per heavy atom. The Morgan fingerprint density at radius 3 is 2.27 bits per heavy atom. The molecule has 1 aliphatic heterocycles. The quantitative estimate of drug-likeness (QED) is 0.545. The van der Waals surface area contributed by atoms with Gasteiger partial charge in [-0.25, -0.2) is 4.79 Å². The van der Waals surface area contributed by atoms with Crippen molar-refractivity contribution in [2.75, 3.05) is 26.3 Å². The molecule has 1 fully saturated rings. The summed E-state index contributed by atoms with van der Waals surface area (Å²) < 4.78 is 15.2. The van der Waals surface area contributed by atoms with Crippen LogP contribution in [0.5, 0.6) is 11.5 Å². The minimum absolute atomic E-state index is 0.222. The summed E-state index contributed by atoms with van der Waals surface area (Å²) >= 11 is 0. The van der Waals surface area contributed by atoms with Crippen LogP contribution in [0.25, 0.3) is 10.8 Å². The molecule has 0 aliphatic carbocycles. The molecule has 140 valence electrons. The van der Waals surface area contributed by atoms with Gasteiger partial charge in [-0.1, -0.05) is 0 Å². The Bertz CT molecular complexity index is 778. The summed E-state index contributed by atoms with van der Waals surface area (Å²) in [5.41, 5.74) is 2.70. The topological polar surface area (TPSA) is 127 Å². The number of fused-ring (bicyclic) bond motifs is 1. The molecule has 0 saturated carbocycles. The third-order valence-corrected chi connectivity index (χ3v) is 3.93. The fourth-order valence-corrected chi connectivity index (χ4v) is 2.70. The molecule has 0 spiro atoms. The number of anilines is 1. The third-order valence-electron chi connectivity index (χ3n) is 3.93. The average Bonchev–Trinajstić information content (AvgIpc) is 3.21. The average molecular weight is 364 g/mol. The van der Waals surface area contributed by atoms with Crippen molar-refractivity contribution < 1.29 is 29.3 Å². The SMILES string of the molecule is COc1ccc(OC)c2c(NO)ccc(N=O)c12.O=C(O)C1CCCO1. The molecule has 2 aromatic carbocycles. The second-order valence-corrected chi connectivity index (χ2v) is 5.40. The predicted octanol–water partition coefficient (Wildman–Crippen LogP) is 3.31. The lowest BCUT2D eigenvalue weighted by molar-refractivity contribution is -0.147. The minimum atomic E-state index is -0.831. The normalized spacial score (nSPS) is 15.7. The molecular weight excluding hydrogens is 344 g/mol. The lowest BCUT2D eigenvalue weighted by Crippen LogP contribution is -2.17. The number of hydrogen-bond acceptors (Lipinski definition) is 8. The molecule has 0 radical (unpaired) electrons. The van der Waals surface area contributed by atoms with E-state index in [-0.39, 0.29) is 5.69 Å². The second kappa shape index (κ2) is 8.97. The zero-order valence-electron chi connectivity index (χ0n) is 14.4. The zero-order chi connectivity index (χ0) is 19.1. The van der Waals surface area contributed by atoms with Gasteiger partial charge < -0.3 is 19.3 Å². The van der Waals surface area contributed by atoms with E-state index < -0.39 is 12.1 Å². The maximum Gasteiger partial charge on any atom is 0.332 e. The van der Waals surface area contributed by atoms with Crippen molar-refractivity contribution in [3.8, 4) is 11.5 Å². The molecule has 26 heavy (non-hydrogen) atoms. The van der Waals surface area contributed by atoms with Crippen LogP contribution in [0.4, 0.5) is 11.4 Å². The maximum atomic E-state index is 10.9. The number of nitroso groups, excluding NO2 is 1. The monoisotopic (exact) mass is 364 g/mol. The van der Waals surface area contributed by atoms with Crippen LogP contribution in [-0.4, -0.2) is 43.2 Å². The molecule has 1 saturated heterocycles. The Morgan fingerprint density at radius 2 is 1.85 bits per heavy atom. The van der Waals surface area contributed by atoms with Crippen LogP contribution in [0.1, 0.15) is 12.8 Å². The highest BCUT2D eigenvalue weighted by Gasteiger charge is 2.22. The molecule has 3 rings (SSSR count). The number of ether oxygens (including phenoxy) is 3. The number of rotatable bonds is 5. The van der Waals surface area contributed by atoms with Gasteiger partial charge in [0.2, 0.25) is 0 Å². The lowest BCUT2D eigenvalue weighted by atomic mass is 10.0. The summed E-state index contributed by atoms with van der Waals surface area (Å²) in [5.74, 6) is 0.160. The first-order chi connectivity index (χ1) is 12.6. The van der Waals surface area contributed by atoms with Gasteiger partial charge in [0.15, 0.2) is 6.10 Å². The summed E-state index contributed by atoms with van der Waals surface area (Å²) in [7, 11) is 3.00. The number of nitrogens with zero attached hydrogens (tertiary/aromatic N) is 1. The highest BCUT2D eigenvalue weighted by molar-refractivity contribution is 6.07. The van der Waals surface area contributed by atoms with Gasteiger partial charge in [-0.3, -0.25) is 10.7 Å². The van der Waals surface area contributed by atoms with Gasteiger partial charge in [-0.15, -0.1) is 4.91 Å². The number of methoxy groups -OCH3 is 2. The van der Waals surface area contributed by atoms with E-state index in [4.69, 9.17) is 24.5 Å². The van der Waals surface area contributed by atoms with Crippen LogP contribution < -0.4 is 15.0 Å². The molecule has 1 aliphatic rings. The Kier molecular flexibility index (Phi) is 6.70.